The van der Waals surface area contributed by atoms with E-state index >= 15 is 0 Å². The second kappa shape index (κ2) is 12.1. The Hall–Kier alpha value is -3.22. The van der Waals surface area contributed by atoms with E-state index in [1.807, 2.05) is 0 Å². The van der Waals surface area contributed by atoms with Gasteiger partial charge in [-0.05, 0) is 45.1 Å². The van der Waals surface area contributed by atoms with Gasteiger partial charge in [-0.2, -0.15) is 0 Å². The molecule has 0 aromatic heterocycles. The monoisotopic (exact) mass is 470 g/mol. The number of carbonyl (C=O) groups excluding carboxylic acids is 3. The van der Waals surface area contributed by atoms with Crippen LogP contribution in [0.2, 0.25) is 0 Å². The van der Waals surface area contributed by atoms with Crippen molar-refractivity contribution in [3.8, 4) is 0 Å². The molecule has 184 valence electrons. The first-order valence-electron chi connectivity index (χ1n) is 10.9. The van der Waals surface area contributed by atoms with Gasteiger partial charge in [0.1, 0.15) is 18.1 Å². The van der Waals surface area contributed by atoms with Crippen LogP contribution in [0.1, 0.15) is 51.4 Å². The van der Waals surface area contributed by atoms with Gasteiger partial charge in [-0.15, -0.1) is 0 Å². The first-order valence-corrected chi connectivity index (χ1v) is 10.9. The first kappa shape index (κ1) is 26.0. The van der Waals surface area contributed by atoms with Crippen LogP contribution in [0.15, 0.2) is 0 Å². The van der Waals surface area contributed by atoms with Gasteiger partial charge in [0.15, 0.2) is 0 Å². The molecular weight excluding hydrogens is 440 g/mol. The summed E-state index contributed by atoms with van der Waals surface area (Å²) in [5.74, 6) is -5.67. The number of carboxylic acids is 3. The molecule has 0 aliphatic carbocycles. The summed E-state index contributed by atoms with van der Waals surface area (Å²) in [4.78, 5) is 72.9. The number of carbonyl (C=O) groups is 6. The van der Waals surface area contributed by atoms with Crippen LogP contribution in [0, 0.1) is 0 Å². The van der Waals surface area contributed by atoms with Crippen molar-refractivity contribution in [1.29, 1.82) is 0 Å². The molecule has 0 bridgehead atoms. The van der Waals surface area contributed by atoms with Crippen molar-refractivity contribution >= 4 is 35.6 Å². The van der Waals surface area contributed by atoms with Gasteiger partial charge in [-0.1, -0.05) is 0 Å². The van der Waals surface area contributed by atoms with Crippen molar-refractivity contribution in [3.05, 3.63) is 0 Å². The van der Waals surface area contributed by atoms with E-state index in [0.29, 0.717) is 32.4 Å². The van der Waals surface area contributed by atoms with E-state index in [1.165, 1.54) is 4.90 Å². The van der Waals surface area contributed by atoms with E-state index in [1.54, 1.807) is 0 Å². The van der Waals surface area contributed by atoms with Crippen molar-refractivity contribution in [2.75, 3.05) is 13.1 Å². The number of hydrogen-bond acceptors (Lipinski definition) is 7. The average molecular weight is 470 g/mol. The topological polar surface area (TPSA) is 202 Å². The molecule has 0 aromatic carbocycles. The van der Waals surface area contributed by atoms with Crippen molar-refractivity contribution in [2.45, 2.75) is 75.5 Å². The van der Waals surface area contributed by atoms with Gasteiger partial charge in [0.2, 0.25) is 17.7 Å². The minimum absolute atomic E-state index is 0.198. The molecule has 0 spiro atoms. The Morgan fingerprint density at radius 2 is 1.52 bits per heavy atom. The normalized spacial score (nSPS) is 21.8. The van der Waals surface area contributed by atoms with Crippen molar-refractivity contribution in [3.63, 3.8) is 0 Å². The lowest BCUT2D eigenvalue weighted by Crippen LogP contribution is -2.56. The maximum atomic E-state index is 12.9. The van der Waals surface area contributed by atoms with Gasteiger partial charge in [0, 0.05) is 19.4 Å². The van der Waals surface area contributed by atoms with Crippen LogP contribution in [0.3, 0.4) is 0 Å². The van der Waals surface area contributed by atoms with Crippen LogP contribution in [-0.2, 0) is 28.8 Å². The van der Waals surface area contributed by atoms with E-state index in [2.05, 4.69) is 16.0 Å². The lowest BCUT2D eigenvalue weighted by Gasteiger charge is -2.28. The molecule has 13 nitrogen and oxygen atoms in total. The lowest BCUT2D eigenvalue weighted by atomic mass is 10.1. The fourth-order valence-electron chi connectivity index (χ4n) is 4.00. The Labute approximate surface area is 189 Å². The zero-order chi connectivity index (χ0) is 24.5. The molecule has 2 fully saturated rings. The molecule has 0 aromatic rings. The number of rotatable bonds is 12. The summed E-state index contributed by atoms with van der Waals surface area (Å²) < 4.78 is 0. The summed E-state index contributed by atoms with van der Waals surface area (Å²) in [6.07, 6.45) is 0.846. The maximum Gasteiger partial charge on any atom is 0.326 e. The van der Waals surface area contributed by atoms with E-state index in [0.717, 1.165) is 6.42 Å². The maximum absolute atomic E-state index is 12.9. The Kier molecular flexibility index (Phi) is 9.57. The smallest absolute Gasteiger partial charge is 0.326 e. The quantitative estimate of drug-likeness (QED) is 0.195. The Morgan fingerprint density at radius 3 is 2.06 bits per heavy atom. The number of hydrogen-bond donors (Lipinski definition) is 6. The van der Waals surface area contributed by atoms with E-state index in [9.17, 15) is 33.9 Å². The van der Waals surface area contributed by atoms with Crippen LogP contribution in [0.25, 0.3) is 0 Å². The standard InChI is InChI=1S/C20H30N4O9/c25-15(26)7-5-11(17(29)23-13(20(32)33)6-8-16(27)28)22-18(30)14-4-2-10-24(14)19(31)12-3-1-9-21-12/h11-14,21H,1-10H2,(H,22,30)(H,23,29)(H,25,26)(H,27,28)(H,32,33). The molecule has 2 aliphatic rings. The second-order valence-electron chi connectivity index (χ2n) is 8.16. The highest BCUT2D eigenvalue weighted by Crippen LogP contribution is 2.21. The number of amides is 3. The summed E-state index contributed by atoms with van der Waals surface area (Å²) in [6.45, 7) is 1.10. The highest BCUT2D eigenvalue weighted by atomic mass is 16.4. The molecule has 2 rings (SSSR count). The molecule has 6 N–H and O–H groups in total. The number of aliphatic carboxylic acids is 3. The number of nitrogens with one attached hydrogen (secondary N) is 3. The predicted octanol–water partition coefficient (Wildman–Crippen LogP) is -1.49. The predicted molar refractivity (Wildman–Crippen MR) is 111 cm³/mol. The third kappa shape index (κ3) is 7.70. The van der Waals surface area contributed by atoms with Gasteiger partial charge >= 0.3 is 17.9 Å². The third-order valence-electron chi connectivity index (χ3n) is 5.74. The fraction of sp³-hybridized carbons (Fsp3) is 0.700. The van der Waals surface area contributed by atoms with Crippen LogP contribution in [0.5, 0.6) is 0 Å². The van der Waals surface area contributed by atoms with Gasteiger partial charge < -0.3 is 36.2 Å². The molecule has 13 heteroatoms. The summed E-state index contributed by atoms with van der Waals surface area (Å²) in [6, 6.07) is -4.06. The molecule has 4 unspecified atom stereocenters. The van der Waals surface area contributed by atoms with Gasteiger partial charge in [0.05, 0.1) is 6.04 Å². The second-order valence-corrected chi connectivity index (χ2v) is 8.16. The number of carboxylic acid groups (broad SMARTS) is 3. The van der Waals surface area contributed by atoms with Crippen molar-refractivity contribution in [1.82, 2.24) is 20.9 Å². The number of likely N-dealkylation sites (tertiary alicyclic amines) is 1. The SMILES string of the molecule is O=C(O)CCC(NC(=O)C(CCC(=O)O)NC(=O)C1CCCN1C(=O)C1CCCN1)C(=O)O. The zero-order valence-electron chi connectivity index (χ0n) is 18.1. The van der Waals surface area contributed by atoms with Gasteiger partial charge in [0.25, 0.3) is 0 Å². The van der Waals surface area contributed by atoms with E-state index < -0.39 is 60.7 Å². The molecule has 4 atom stereocenters. The molecule has 0 saturated carbocycles. The van der Waals surface area contributed by atoms with Gasteiger partial charge in [-0.3, -0.25) is 24.0 Å². The minimum atomic E-state index is -1.52. The van der Waals surface area contributed by atoms with Crippen LogP contribution < -0.4 is 16.0 Å². The molecule has 2 heterocycles. The minimum Gasteiger partial charge on any atom is -0.481 e. The zero-order valence-corrected chi connectivity index (χ0v) is 18.1. The number of nitrogens with zero attached hydrogens (tertiary/aromatic N) is 1. The molecule has 3 amide bonds. The van der Waals surface area contributed by atoms with Crippen LogP contribution >= 0.6 is 0 Å². The Morgan fingerprint density at radius 1 is 0.879 bits per heavy atom. The van der Waals surface area contributed by atoms with E-state index in [-0.39, 0.29) is 24.8 Å². The summed E-state index contributed by atoms with van der Waals surface area (Å²) in [5.41, 5.74) is 0. The molecule has 2 saturated heterocycles. The van der Waals surface area contributed by atoms with Crippen molar-refractivity contribution in [2.24, 2.45) is 0 Å². The molecule has 0 radical (unpaired) electrons. The molecular formula is C20H30N4O9. The lowest BCUT2D eigenvalue weighted by molar-refractivity contribution is -0.144. The Bertz CT molecular complexity index is 781. The van der Waals surface area contributed by atoms with Crippen molar-refractivity contribution < 1.29 is 44.1 Å². The molecule has 33 heavy (non-hydrogen) atoms. The van der Waals surface area contributed by atoms with Crippen LogP contribution in [0.4, 0.5) is 0 Å². The largest absolute Gasteiger partial charge is 0.481 e. The highest BCUT2D eigenvalue weighted by Gasteiger charge is 2.39. The summed E-state index contributed by atoms with van der Waals surface area (Å²) in [5, 5.41) is 34.7. The van der Waals surface area contributed by atoms with E-state index in [4.69, 9.17) is 10.2 Å². The third-order valence-corrected chi connectivity index (χ3v) is 5.74. The average Bonchev–Trinajstić information content (AvgIpc) is 3.44. The summed E-state index contributed by atoms with van der Waals surface area (Å²) >= 11 is 0. The highest BCUT2D eigenvalue weighted by molar-refractivity contribution is 5.94. The molecule has 2 aliphatic heterocycles. The van der Waals surface area contributed by atoms with Gasteiger partial charge in [-0.25, -0.2) is 4.79 Å². The van der Waals surface area contributed by atoms with Crippen LogP contribution in [-0.4, -0.2) is 93.1 Å². The summed E-state index contributed by atoms with van der Waals surface area (Å²) in [7, 11) is 0. The Balaban J connectivity index is 2.07. The fourth-order valence-corrected chi connectivity index (χ4v) is 4.00. The first-order chi connectivity index (χ1) is 15.6.